The number of hydrogen-bond donors (Lipinski definition) is 2. The number of β-amino-alcohol motifs (C(OH)–C–C–N with tert-alkyl or cyclic N) is 1. The van der Waals surface area contributed by atoms with Gasteiger partial charge < -0.3 is 20.2 Å². The number of alkyl halides is 3. The maximum atomic E-state index is 14.1. The van der Waals surface area contributed by atoms with Crippen LogP contribution in [0.25, 0.3) is 22.3 Å². The molecule has 2 aromatic heterocycles. The van der Waals surface area contributed by atoms with Gasteiger partial charge in [-0.2, -0.15) is 18.3 Å². The number of benzene rings is 2. The molecule has 0 radical (unpaired) electrons. The maximum Gasteiger partial charge on any atom is 0.417 e. The van der Waals surface area contributed by atoms with Crippen LogP contribution in [-0.4, -0.2) is 91.5 Å². The van der Waals surface area contributed by atoms with E-state index in [2.05, 4.69) is 15.1 Å². The molecule has 0 amide bonds. The van der Waals surface area contributed by atoms with Gasteiger partial charge in [-0.05, 0) is 69.1 Å². The highest BCUT2D eigenvalue weighted by atomic mass is 35.5. The van der Waals surface area contributed by atoms with Crippen LogP contribution >= 0.6 is 23.4 Å². The summed E-state index contributed by atoms with van der Waals surface area (Å²) < 4.78 is 47.6. The molecule has 0 aliphatic carbocycles. The highest BCUT2D eigenvalue weighted by Gasteiger charge is 2.34. The lowest BCUT2D eigenvalue weighted by atomic mass is 10.0. The Morgan fingerprint density at radius 1 is 1.02 bits per heavy atom. The Balaban J connectivity index is 1.04. The average molecular weight is 732 g/mol. The quantitative estimate of drug-likeness (QED) is 0.200. The van der Waals surface area contributed by atoms with Crippen molar-refractivity contribution >= 4 is 34.4 Å². The van der Waals surface area contributed by atoms with E-state index in [1.54, 1.807) is 23.7 Å². The zero-order valence-corrected chi connectivity index (χ0v) is 30.0. The number of aliphatic hydroxyl groups is 1. The molecule has 0 bridgehead atoms. The Kier molecular flexibility index (Phi) is 10.7. The largest absolute Gasteiger partial charge is 0.417 e. The smallest absolute Gasteiger partial charge is 0.390 e. The van der Waals surface area contributed by atoms with Gasteiger partial charge in [0.1, 0.15) is 0 Å². The van der Waals surface area contributed by atoms with E-state index >= 15 is 0 Å². The van der Waals surface area contributed by atoms with Crippen LogP contribution in [-0.2, 0) is 32.7 Å². The second-order valence-corrected chi connectivity index (χ2v) is 15.4. The molecule has 9 nitrogen and oxygen atoms in total. The average Bonchev–Trinajstić information content (AvgIpc) is 3.58. The fraction of sp³-hybridized carbons (Fsp3) is 0.556. The minimum atomic E-state index is -4.44. The van der Waals surface area contributed by atoms with E-state index in [-0.39, 0.29) is 16.6 Å². The van der Waals surface area contributed by atoms with Crippen molar-refractivity contribution < 1.29 is 18.3 Å². The molecule has 50 heavy (non-hydrogen) atoms. The van der Waals surface area contributed by atoms with Crippen LogP contribution in [0.5, 0.6) is 0 Å². The first-order valence-corrected chi connectivity index (χ1v) is 19.1. The predicted octanol–water partition coefficient (Wildman–Crippen LogP) is 5.80. The van der Waals surface area contributed by atoms with Gasteiger partial charge in [0.2, 0.25) is 0 Å². The van der Waals surface area contributed by atoms with Crippen LogP contribution in [0.1, 0.15) is 55.0 Å². The van der Waals surface area contributed by atoms with E-state index in [4.69, 9.17) is 16.7 Å². The number of likely N-dealkylation sites (tertiary alicyclic amines) is 2. The monoisotopic (exact) mass is 731 g/mol. The lowest BCUT2D eigenvalue weighted by Crippen LogP contribution is -2.42. The molecule has 2 saturated heterocycles. The van der Waals surface area contributed by atoms with E-state index in [9.17, 15) is 23.1 Å². The number of hydrogen-bond acceptors (Lipinski definition) is 7. The Hall–Kier alpha value is -2.81. The first-order valence-electron chi connectivity index (χ1n) is 17.7. The molecule has 3 aliphatic heterocycles. The Morgan fingerprint density at radius 3 is 2.56 bits per heavy atom. The second kappa shape index (κ2) is 15.0. The summed E-state index contributed by atoms with van der Waals surface area (Å²) in [5, 5.41) is 20.2. The van der Waals surface area contributed by atoms with Gasteiger partial charge in [0.15, 0.2) is 0 Å². The Bertz CT molecular complexity index is 1880. The molecule has 0 spiro atoms. The topological polar surface area (TPSA) is 83.5 Å². The fourth-order valence-electron chi connectivity index (χ4n) is 7.90. The molecule has 2 aromatic carbocycles. The summed E-state index contributed by atoms with van der Waals surface area (Å²) in [5.74, 6) is 0.594. The summed E-state index contributed by atoms with van der Waals surface area (Å²) in [4.78, 5) is 17.9. The zero-order chi connectivity index (χ0) is 35.0. The number of piperidine rings is 2. The molecular formula is C36H45ClF3N7O2S. The van der Waals surface area contributed by atoms with E-state index in [0.29, 0.717) is 41.7 Å². The third-order valence-corrected chi connectivity index (χ3v) is 11.8. The van der Waals surface area contributed by atoms with Gasteiger partial charge in [-0.15, -0.1) is 11.8 Å². The normalized spacial score (nSPS) is 18.9. The molecule has 1 unspecified atom stereocenters. The molecule has 1 atom stereocenters. The Morgan fingerprint density at radius 2 is 1.80 bits per heavy atom. The lowest BCUT2D eigenvalue weighted by Gasteiger charge is -2.33. The number of aliphatic hydroxyl groups excluding tert-OH is 1. The van der Waals surface area contributed by atoms with Gasteiger partial charge >= 0.3 is 11.9 Å². The molecule has 2 N–H and O–H groups in total. The first kappa shape index (κ1) is 35.6. The molecule has 270 valence electrons. The van der Waals surface area contributed by atoms with E-state index in [1.165, 1.54) is 30.3 Å². The van der Waals surface area contributed by atoms with Gasteiger partial charge in [0.25, 0.3) is 0 Å². The van der Waals surface area contributed by atoms with Gasteiger partial charge in [-0.25, -0.2) is 4.79 Å². The number of imidazole rings is 1. The zero-order valence-electron chi connectivity index (χ0n) is 28.4. The molecule has 2 fully saturated rings. The first-order chi connectivity index (χ1) is 24.1. The second-order valence-electron chi connectivity index (χ2n) is 13.9. The highest BCUT2D eigenvalue weighted by molar-refractivity contribution is 7.99. The SMILES string of the molecule is Cn1c(=O)n(C2CCN(CC(O)Cn3nc(-c4ccc(C(F)(F)F)c(SCCN5CCCCC5)c4)c4c3CCNC4)CC2)c2cc(Cl)ccc21. The van der Waals surface area contributed by atoms with Crippen molar-refractivity contribution in [3.05, 3.63) is 68.7 Å². The fourth-order valence-corrected chi connectivity index (χ4v) is 9.19. The van der Waals surface area contributed by atoms with Crippen LogP contribution in [0.4, 0.5) is 13.2 Å². The summed E-state index contributed by atoms with van der Waals surface area (Å²) in [5.41, 5.74) is 4.38. The molecule has 3 aliphatic rings. The Labute approximate surface area is 299 Å². The van der Waals surface area contributed by atoms with Crippen molar-refractivity contribution in [2.75, 3.05) is 51.6 Å². The van der Waals surface area contributed by atoms with Gasteiger partial charge in [0.05, 0.1) is 34.9 Å². The summed E-state index contributed by atoms with van der Waals surface area (Å²) in [7, 11) is 1.78. The van der Waals surface area contributed by atoms with Crippen molar-refractivity contribution in [3.8, 4) is 11.3 Å². The number of rotatable bonds is 10. The van der Waals surface area contributed by atoms with Crippen molar-refractivity contribution in [1.82, 2.24) is 34.0 Å². The van der Waals surface area contributed by atoms with Crippen LogP contribution < -0.4 is 11.0 Å². The van der Waals surface area contributed by atoms with Crippen LogP contribution in [0.3, 0.4) is 0 Å². The molecule has 14 heteroatoms. The van der Waals surface area contributed by atoms with Gasteiger partial charge in [-0.3, -0.25) is 13.8 Å². The van der Waals surface area contributed by atoms with E-state index in [0.717, 1.165) is 93.7 Å². The van der Waals surface area contributed by atoms with Crippen LogP contribution in [0.15, 0.2) is 46.1 Å². The standard InChI is InChI=1S/C36H45ClF3N7O2S/c1-43-31-8-6-25(37)20-32(31)47(35(43)49)26-10-15-45(16-11-26)22-27(48)23-46-30-9-12-41-21-28(30)34(42-46)24-5-7-29(36(38,39)40)33(19-24)50-18-17-44-13-3-2-4-14-44/h5-8,19-20,26-27,41,48H,2-4,9-18,21-23H2,1H3. The summed E-state index contributed by atoms with van der Waals surface area (Å²) in [6.07, 6.45) is 0.658. The summed E-state index contributed by atoms with van der Waals surface area (Å²) in [6.45, 7) is 6.36. The molecule has 5 heterocycles. The van der Waals surface area contributed by atoms with Gasteiger partial charge in [0, 0.05) is 91.3 Å². The number of aryl methyl sites for hydroxylation is 1. The van der Waals surface area contributed by atoms with Crippen molar-refractivity contribution in [3.63, 3.8) is 0 Å². The molecular weight excluding hydrogens is 687 g/mol. The molecule has 4 aromatic rings. The number of thioether (sulfide) groups is 1. The van der Waals surface area contributed by atoms with E-state index < -0.39 is 17.8 Å². The van der Waals surface area contributed by atoms with Gasteiger partial charge in [-0.1, -0.05) is 24.1 Å². The van der Waals surface area contributed by atoms with Crippen molar-refractivity contribution in [2.45, 2.75) is 74.8 Å². The number of nitrogens with zero attached hydrogens (tertiary/aromatic N) is 6. The minimum Gasteiger partial charge on any atom is -0.390 e. The van der Waals surface area contributed by atoms with Crippen molar-refractivity contribution in [2.24, 2.45) is 7.05 Å². The van der Waals surface area contributed by atoms with E-state index in [1.807, 2.05) is 21.4 Å². The van der Waals surface area contributed by atoms with Crippen molar-refractivity contribution in [1.29, 1.82) is 0 Å². The van der Waals surface area contributed by atoms with Crippen LogP contribution in [0, 0.1) is 0 Å². The number of aromatic nitrogens is 4. The molecule has 7 rings (SSSR count). The summed E-state index contributed by atoms with van der Waals surface area (Å²) in [6, 6.07) is 9.96. The predicted molar refractivity (Wildman–Crippen MR) is 192 cm³/mol. The number of fused-ring (bicyclic) bond motifs is 2. The number of halogens is 4. The third-order valence-electron chi connectivity index (χ3n) is 10.5. The number of nitrogens with one attached hydrogen (secondary N) is 1. The maximum absolute atomic E-state index is 14.1. The summed E-state index contributed by atoms with van der Waals surface area (Å²) >= 11 is 7.55. The third kappa shape index (κ3) is 7.54. The minimum absolute atomic E-state index is 0.0443. The highest BCUT2D eigenvalue weighted by Crippen LogP contribution is 2.40. The lowest BCUT2D eigenvalue weighted by molar-refractivity contribution is -0.139. The molecule has 0 saturated carbocycles. The van der Waals surface area contributed by atoms with Crippen LogP contribution in [0.2, 0.25) is 5.02 Å².